The molecule has 4 nitrogen and oxygen atoms in total. The highest BCUT2D eigenvalue weighted by Crippen LogP contribution is 2.23. The number of aliphatic hydroxyl groups excluding tert-OH is 1. The molecule has 2 N–H and O–H groups in total. The molecule has 4 heteroatoms. The van der Waals surface area contributed by atoms with Gasteiger partial charge in [-0.25, -0.2) is 4.98 Å². The van der Waals surface area contributed by atoms with Crippen molar-refractivity contribution in [2.45, 2.75) is 19.4 Å². The predicted molar refractivity (Wildman–Crippen MR) is 99.8 cm³/mol. The molecule has 0 atom stereocenters. The normalized spacial score (nSPS) is 11.2. The number of hydrogen-bond acceptors (Lipinski definition) is 3. The molecule has 2 aromatic carbocycles. The molecule has 25 heavy (non-hydrogen) atoms. The zero-order valence-electron chi connectivity index (χ0n) is 13.9. The summed E-state index contributed by atoms with van der Waals surface area (Å²) in [5.74, 6) is 0.829. The lowest BCUT2D eigenvalue weighted by Crippen LogP contribution is -1.98. The van der Waals surface area contributed by atoms with Crippen molar-refractivity contribution >= 4 is 21.8 Å². The van der Waals surface area contributed by atoms with Crippen LogP contribution in [-0.4, -0.2) is 21.7 Å². The molecule has 0 aliphatic carbocycles. The molecule has 0 saturated heterocycles. The lowest BCUT2D eigenvalue weighted by Gasteiger charge is -2.07. The van der Waals surface area contributed by atoms with Crippen LogP contribution in [0.2, 0.25) is 0 Å². The van der Waals surface area contributed by atoms with E-state index in [1.165, 1.54) is 0 Å². The zero-order chi connectivity index (χ0) is 17.1. The molecular weight excluding hydrogens is 312 g/mol. The zero-order valence-corrected chi connectivity index (χ0v) is 13.9. The fourth-order valence-corrected chi connectivity index (χ4v) is 3.01. The number of aromatic amines is 1. The van der Waals surface area contributed by atoms with Gasteiger partial charge in [-0.05, 0) is 49.2 Å². The van der Waals surface area contributed by atoms with Crippen LogP contribution in [0, 0.1) is 0 Å². The topological polar surface area (TPSA) is 58.1 Å². The van der Waals surface area contributed by atoms with Crippen LogP contribution in [0.1, 0.15) is 17.8 Å². The third-order valence-electron chi connectivity index (χ3n) is 4.30. The summed E-state index contributed by atoms with van der Waals surface area (Å²) < 4.78 is 5.92. The van der Waals surface area contributed by atoms with E-state index in [9.17, 15) is 0 Å². The van der Waals surface area contributed by atoms with E-state index >= 15 is 0 Å². The van der Waals surface area contributed by atoms with Gasteiger partial charge in [0.25, 0.3) is 0 Å². The van der Waals surface area contributed by atoms with E-state index in [0.717, 1.165) is 51.8 Å². The van der Waals surface area contributed by atoms with Crippen LogP contribution >= 0.6 is 0 Å². The second kappa shape index (κ2) is 6.95. The fourth-order valence-electron chi connectivity index (χ4n) is 3.01. The molecule has 0 fully saturated rings. The van der Waals surface area contributed by atoms with Crippen molar-refractivity contribution in [1.82, 2.24) is 9.97 Å². The van der Waals surface area contributed by atoms with Crippen molar-refractivity contribution in [3.63, 3.8) is 0 Å². The lowest BCUT2D eigenvalue weighted by atomic mass is 10.2. The number of fused-ring (bicyclic) bond motifs is 2. The molecule has 0 aliphatic heterocycles. The van der Waals surface area contributed by atoms with Gasteiger partial charge < -0.3 is 14.8 Å². The standard InChI is InChI=1S/C21H20N2O2/c24-11-3-5-17-12-16-13-19(9-10-21(16)22-17)25-14-18-8-7-15-4-1-2-6-20(15)23-18/h1-2,4,6-10,12-13,22,24H,3,5,11,14H2. The molecule has 0 saturated carbocycles. The molecule has 4 rings (SSSR count). The van der Waals surface area contributed by atoms with Crippen molar-refractivity contribution < 1.29 is 9.84 Å². The SMILES string of the molecule is OCCCc1cc2cc(OCc3ccc4ccccc4n3)ccc2[nH]1. The summed E-state index contributed by atoms with van der Waals surface area (Å²) >= 11 is 0. The maximum Gasteiger partial charge on any atom is 0.130 e. The van der Waals surface area contributed by atoms with Crippen LogP contribution in [0.25, 0.3) is 21.8 Å². The second-order valence-electron chi connectivity index (χ2n) is 6.15. The van der Waals surface area contributed by atoms with Crippen molar-refractivity contribution in [3.05, 3.63) is 72.1 Å². The van der Waals surface area contributed by atoms with E-state index in [1.54, 1.807) is 0 Å². The molecule has 2 aromatic heterocycles. The number of para-hydroxylation sites is 1. The van der Waals surface area contributed by atoms with Crippen molar-refractivity contribution in [2.24, 2.45) is 0 Å². The third-order valence-corrected chi connectivity index (χ3v) is 4.30. The van der Waals surface area contributed by atoms with Gasteiger partial charge in [0.1, 0.15) is 12.4 Å². The number of nitrogens with zero attached hydrogens (tertiary/aromatic N) is 1. The van der Waals surface area contributed by atoms with Crippen molar-refractivity contribution in [2.75, 3.05) is 6.61 Å². The van der Waals surface area contributed by atoms with Gasteiger partial charge in [-0.3, -0.25) is 0 Å². The second-order valence-corrected chi connectivity index (χ2v) is 6.15. The molecule has 4 aromatic rings. The number of H-pyrrole nitrogens is 1. The van der Waals surface area contributed by atoms with Gasteiger partial charge in [0.15, 0.2) is 0 Å². The number of benzene rings is 2. The number of aryl methyl sites for hydroxylation is 1. The fraction of sp³-hybridized carbons (Fsp3) is 0.190. The van der Waals surface area contributed by atoms with E-state index < -0.39 is 0 Å². The number of ether oxygens (including phenoxy) is 1. The van der Waals surface area contributed by atoms with E-state index in [0.29, 0.717) is 6.61 Å². The molecule has 0 spiro atoms. The Balaban J connectivity index is 1.49. The summed E-state index contributed by atoms with van der Waals surface area (Å²) in [7, 11) is 0. The number of nitrogens with one attached hydrogen (secondary N) is 1. The van der Waals surface area contributed by atoms with Gasteiger partial charge in [-0.2, -0.15) is 0 Å². The summed E-state index contributed by atoms with van der Waals surface area (Å²) in [4.78, 5) is 8.01. The largest absolute Gasteiger partial charge is 0.487 e. The first-order valence-electron chi connectivity index (χ1n) is 8.52. The smallest absolute Gasteiger partial charge is 0.130 e. The quantitative estimate of drug-likeness (QED) is 0.556. The van der Waals surface area contributed by atoms with Gasteiger partial charge in [0.05, 0.1) is 11.2 Å². The third kappa shape index (κ3) is 3.49. The van der Waals surface area contributed by atoms with Crippen molar-refractivity contribution in [3.8, 4) is 5.75 Å². The minimum atomic E-state index is 0.211. The van der Waals surface area contributed by atoms with E-state index in [4.69, 9.17) is 9.84 Å². The minimum absolute atomic E-state index is 0.211. The molecule has 0 aliphatic rings. The first-order valence-corrected chi connectivity index (χ1v) is 8.52. The summed E-state index contributed by atoms with van der Waals surface area (Å²) in [6, 6.07) is 20.3. The average Bonchev–Trinajstić information content (AvgIpc) is 3.06. The minimum Gasteiger partial charge on any atom is -0.487 e. The predicted octanol–water partition coefficient (Wildman–Crippen LogP) is 4.22. The summed E-state index contributed by atoms with van der Waals surface area (Å²) in [6.07, 6.45) is 1.62. The Hall–Kier alpha value is -2.85. The Kier molecular flexibility index (Phi) is 4.36. The first-order chi connectivity index (χ1) is 12.3. The highest BCUT2D eigenvalue weighted by molar-refractivity contribution is 5.82. The van der Waals surface area contributed by atoms with E-state index in [-0.39, 0.29) is 6.61 Å². The summed E-state index contributed by atoms with van der Waals surface area (Å²) in [5, 5.41) is 11.2. The van der Waals surface area contributed by atoms with Crippen LogP contribution in [0.15, 0.2) is 60.7 Å². The van der Waals surface area contributed by atoms with Gasteiger partial charge >= 0.3 is 0 Å². The van der Waals surface area contributed by atoms with Crippen LogP contribution in [0.4, 0.5) is 0 Å². The summed E-state index contributed by atoms with van der Waals surface area (Å²) in [5.41, 5.74) is 4.12. The molecular formula is C21H20N2O2. The molecule has 2 heterocycles. The van der Waals surface area contributed by atoms with Gasteiger partial charge in [0, 0.05) is 28.6 Å². The molecule has 0 bridgehead atoms. The Morgan fingerprint density at radius 3 is 2.80 bits per heavy atom. The van der Waals surface area contributed by atoms with Crippen molar-refractivity contribution in [1.29, 1.82) is 0 Å². The number of aromatic nitrogens is 2. The van der Waals surface area contributed by atoms with Crippen LogP contribution in [-0.2, 0) is 13.0 Å². The number of aliphatic hydroxyl groups is 1. The summed E-state index contributed by atoms with van der Waals surface area (Å²) in [6.45, 7) is 0.653. The van der Waals surface area contributed by atoms with E-state index in [2.05, 4.69) is 28.2 Å². The lowest BCUT2D eigenvalue weighted by molar-refractivity contribution is 0.288. The van der Waals surface area contributed by atoms with Crippen LogP contribution < -0.4 is 4.74 Å². The number of hydrogen-bond donors (Lipinski definition) is 2. The Bertz CT molecular complexity index is 1010. The number of rotatable bonds is 6. The Labute approximate surface area is 146 Å². The highest BCUT2D eigenvalue weighted by atomic mass is 16.5. The van der Waals surface area contributed by atoms with Gasteiger partial charge in [-0.15, -0.1) is 0 Å². The van der Waals surface area contributed by atoms with Gasteiger partial charge in [0.2, 0.25) is 0 Å². The molecule has 126 valence electrons. The van der Waals surface area contributed by atoms with Crippen LogP contribution in [0.3, 0.4) is 0 Å². The van der Waals surface area contributed by atoms with Crippen LogP contribution in [0.5, 0.6) is 5.75 Å². The monoisotopic (exact) mass is 332 g/mol. The van der Waals surface area contributed by atoms with E-state index in [1.807, 2.05) is 42.5 Å². The molecule has 0 radical (unpaired) electrons. The maximum atomic E-state index is 8.95. The first kappa shape index (κ1) is 15.7. The van der Waals surface area contributed by atoms with Gasteiger partial charge in [-0.1, -0.05) is 24.3 Å². The Morgan fingerprint density at radius 1 is 0.960 bits per heavy atom. The highest BCUT2D eigenvalue weighted by Gasteiger charge is 2.04. The average molecular weight is 332 g/mol. The maximum absolute atomic E-state index is 8.95. The molecule has 0 unspecified atom stereocenters. The molecule has 0 amide bonds. The number of pyridine rings is 1. The Morgan fingerprint density at radius 2 is 1.88 bits per heavy atom.